The van der Waals surface area contributed by atoms with Gasteiger partial charge >= 0.3 is 0 Å². The van der Waals surface area contributed by atoms with Gasteiger partial charge in [-0.05, 0) is 44.9 Å². The van der Waals surface area contributed by atoms with Crippen molar-refractivity contribution in [3.05, 3.63) is 36.5 Å². The molecule has 3 atom stereocenters. The van der Waals surface area contributed by atoms with Crippen molar-refractivity contribution in [1.82, 2.24) is 5.32 Å². The van der Waals surface area contributed by atoms with E-state index in [4.69, 9.17) is 9.05 Å². The summed E-state index contributed by atoms with van der Waals surface area (Å²) in [7, 11) is 1.24. The summed E-state index contributed by atoms with van der Waals surface area (Å²) in [5, 5.41) is 13.8. The number of nitrogens with zero attached hydrogens (tertiary/aromatic N) is 1. The van der Waals surface area contributed by atoms with Gasteiger partial charge in [-0.3, -0.25) is 9.36 Å². The average molecular weight is 839 g/mol. The summed E-state index contributed by atoms with van der Waals surface area (Å²) < 4.78 is 23.2. The Morgan fingerprint density at radius 3 is 1.40 bits per heavy atom. The molecular formula is C49H95N2O6P. The standard InChI is InChI=1S/C49H95N2O6P/c1-6-8-10-12-14-16-18-20-22-24-25-26-27-28-30-32-34-36-38-40-42-48(52)47(46-57-58(54,55)56-45-44-51(3,4)5)50-49(53)43-41-39-37-35-33-31-29-23-21-19-17-15-13-11-9-7-2/h26-27,32,34,40,42,47-48,52H,6-25,28-31,33,35-39,41,43-46H2,1-5H3,(H-,50,53,54,55)/b27-26+,34-32+,42-40+. The van der Waals surface area contributed by atoms with E-state index in [9.17, 15) is 19.4 Å². The molecule has 58 heavy (non-hydrogen) atoms. The maximum Gasteiger partial charge on any atom is 0.268 e. The maximum absolute atomic E-state index is 12.9. The van der Waals surface area contributed by atoms with Gasteiger partial charge in [0, 0.05) is 6.42 Å². The molecule has 0 heterocycles. The zero-order valence-corrected chi connectivity index (χ0v) is 39.6. The van der Waals surface area contributed by atoms with Crippen LogP contribution in [0.25, 0.3) is 0 Å². The molecule has 0 rings (SSSR count). The van der Waals surface area contributed by atoms with Crippen LogP contribution >= 0.6 is 7.82 Å². The molecule has 0 bridgehead atoms. The number of phosphoric ester groups is 1. The Balaban J connectivity index is 4.43. The minimum absolute atomic E-state index is 0.00772. The molecule has 0 aliphatic carbocycles. The Hall–Kier alpha value is -1.28. The van der Waals surface area contributed by atoms with Crippen LogP contribution in [0.1, 0.15) is 219 Å². The van der Waals surface area contributed by atoms with Gasteiger partial charge in [0.05, 0.1) is 39.9 Å². The Morgan fingerprint density at radius 2 is 0.966 bits per heavy atom. The first-order valence-electron chi connectivity index (χ1n) is 24.4. The molecule has 0 saturated carbocycles. The highest BCUT2D eigenvalue weighted by molar-refractivity contribution is 7.45. The fourth-order valence-corrected chi connectivity index (χ4v) is 7.67. The Morgan fingerprint density at radius 1 is 0.586 bits per heavy atom. The largest absolute Gasteiger partial charge is 0.756 e. The quantitative estimate of drug-likeness (QED) is 0.0274. The summed E-state index contributed by atoms with van der Waals surface area (Å²) in [6.45, 7) is 4.63. The van der Waals surface area contributed by atoms with E-state index in [-0.39, 0.29) is 12.5 Å². The van der Waals surface area contributed by atoms with Crippen molar-refractivity contribution < 1.29 is 32.9 Å². The van der Waals surface area contributed by atoms with E-state index < -0.39 is 26.6 Å². The molecule has 0 fully saturated rings. The van der Waals surface area contributed by atoms with E-state index in [1.807, 2.05) is 27.2 Å². The van der Waals surface area contributed by atoms with Gasteiger partial charge in [0.15, 0.2) is 0 Å². The van der Waals surface area contributed by atoms with Crippen molar-refractivity contribution in [2.45, 2.75) is 231 Å². The van der Waals surface area contributed by atoms with Gasteiger partial charge in [0.25, 0.3) is 7.82 Å². The van der Waals surface area contributed by atoms with Gasteiger partial charge in [0.1, 0.15) is 13.2 Å². The van der Waals surface area contributed by atoms with E-state index in [0.29, 0.717) is 17.4 Å². The third-order valence-electron chi connectivity index (χ3n) is 10.8. The second kappa shape index (κ2) is 41.1. The van der Waals surface area contributed by atoms with E-state index in [2.05, 4.69) is 43.5 Å². The highest BCUT2D eigenvalue weighted by Gasteiger charge is 2.23. The van der Waals surface area contributed by atoms with Crippen molar-refractivity contribution in [3.63, 3.8) is 0 Å². The lowest BCUT2D eigenvalue weighted by atomic mass is 10.0. The van der Waals surface area contributed by atoms with Crippen molar-refractivity contribution in [2.24, 2.45) is 0 Å². The number of amides is 1. The molecule has 342 valence electrons. The molecule has 8 nitrogen and oxygen atoms in total. The number of hydrogen-bond acceptors (Lipinski definition) is 6. The highest BCUT2D eigenvalue weighted by Crippen LogP contribution is 2.38. The average Bonchev–Trinajstić information content (AvgIpc) is 3.17. The number of carbonyl (C=O) groups is 1. The van der Waals surface area contributed by atoms with Gasteiger partial charge in [-0.15, -0.1) is 0 Å². The Kier molecular flexibility index (Phi) is 40.2. The Bertz CT molecular complexity index is 1040. The van der Waals surface area contributed by atoms with Crippen molar-refractivity contribution >= 4 is 13.7 Å². The van der Waals surface area contributed by atoms with Crippen LogP contribution in [-0.2, 0) is 18.4 Å². The predicted molar refractivity (Wildman–Crippen MR) is 247 cm³/mol. The van der Waals surface area contributed by atoms with E-state index in [1.165, 1.54) is 154 Å². The maximum atomic E-state index is 12.9. The molecule has 3 unspecified atom stereocenters. The third kappa shape index (κ3) is 42.8. The lowest BCUT2D eigenvalue weighted by Crippen LogP contribution is -2.45. The number of quaternary nitrogens is 1. The molecule has 9 heteroatoms. The number of nitrogens with one attached hydrogen (secondary N) is 1. The molecular weight excluding hydrogens is 744 g/mol. The van der Waals surface area contributed by atoms with Crippen LogP contribution < -0.4 is 10.2 Å². The number of aliphatic hydroxyl groups is 1. The van der Waals surface area contributed by atoms with Crippen LogP contribution in [0.5, 0.6) is 0 Å². The number of likely N-dealkylation sites (N-methyl/N-ethyl adjacent to an activating group) is 1. The van der Waals surface area contributed by atoms with Crippen molar-refractivity contribution in [3.8, 4) is 0 Å². The number of rotatable bonds is 44. The Labute approximate surface area is 359 Å². The molecule has 0 aliphatic heterocycles. The lowest BCUT2D eigenvalue weighted by molar-refractivity contribution is -0.870. The van der Waals surface area contributed by atoms with Gasteiger partial charge in [-0.2, -0.15) is 0 Å². The monoisotopic (exact) mass is 839 g/mol. The van der Waals surface area contributed by atoms with Crippen molar-refractivity contribution in [1.29, 1.82) is 0 Å². The summed E-state index contributed by atoms with van der Waals surface area (Å²) in [5.74, 6) is -0.210. The van der Waals surface area contributed by atoms with E-state index in [1.54, 1.807) is 6.08 Å². The minimum atomic E-state index is -4.60. The van der Waals surface area contributed by atoms with Crippen molar-refractivity contribution in [2.75, 3.05) is 40.9 Å². The van der Waals surface area contributed by atoms with Crippen LogP contribution in [0.3, 0.4) is 0 Å². The first kappa shape index (κ1) is 56.7. The number of unbranched alkanes of at least 4 members (excludes halogenated alkanes) is 27. The zero-order valence-electron chi connectivity index (χ0n) is 38.8. The summed E-state index contributed by atoms with van der Waals surface area (Å²) in [6.07, 6.45) is 50.5. The van der Waals surface area contributed by atoms with E-state index >= 15 is 0 Å². The molecule has 0 aromatic heterocycles. The van der Waals surface area contributed by atoms with Crippen LogP contribution in [0.2, 0.25) is 0 Å². The van der Waals surface area contributed by atoms with Crippen LogP contribution in [0.4, 0.5) is 0 Å². The van der Waals surface area contributed by atoms with Crippen LogP contribution in [0, 0.1) is 0 Å². The summed E-state index contributed by atoms with van der Waals surface area (Å²) in [5.41, 5.74) is 0. The smallest absolute Gasteiger partial charge is 0.268 e. The number of allylic oxidation sites excluding steroid dienone is 5. The normalized spacial score (nSPS) is 14.5. The molecule has 0 radical (unpaired) electrons. The number of phosphoric acid groups is 1. The fourth-order valence-electron chi connectivity index (χ4n) is 6.95. The second-order valence-electron chi connectivity index (χ2n) is 17.8. The predicted octanol–water partition coefficient (Wildman–Crippen LogP) is 13.2. The molecule has 1 amide bonds. The van der Waals surface area contributed by atoms with Crippen LogP contribution in [-0.4, -0.2) is 68.5 Å². The third-order valence-corrected chi connectivity index (χ3v) is 11.8. The summed E-state index contributed by atoms with van der Waals surface area (Å²) in [4.78, 5) is 25.3. The highest BCUT2D eigenvalue weighted by atomic mass is 31.2. The molecule has 0 aromatic rings. The summed E-state index contributed by atoms with van der Waals surface area (Å²) in [6, 6.07) is -0.906. The van der Waals surface area contributed by atoms with Gasteiger partial charge < -0.3 is 28.8 Å². The number of carbonyl (C=O) groups excluding carboxylic acids is 1. The summed E-state index contributed by atoms with van der Waals surface area (Å²) >= 11 is 0. The van der Waals surface area contributed by atoms with Gasteiger partial charge in [0.2, 0.25) is 5.91 Å². The molecule has 0 aliphatic rings. The van der Waals surface area contributed by atoms with Gasteiger partial charge in [-0.1, -0.05) is 204 Å². The number of hydrogen-bond donors (Lipinski definition) is 2. The van der Waals surface area contributed by atoms with E-state index in [0.717, 1.165) is 44.9 Å². The second-order valence-corrected chi connectivity index (χ2v) is 19.2. The molecule has 0 spiro atoms. The molecule has 0 saturated heterocycles. The first-order chi connectivity index (χ1) is 28.0. The SMILES string of the molecule is CCCCCCCCCCCC/C=C/CC/C=C/CC/C=C/C(O)C(COP(=O)([O-])OCC[N+](C)(C)C)NC(=O)CCCCCCCCCCCCCCCCCC. The lowest BCUT2D eigenvalue weighted by Gasteiger charge is -2.29. The topological polar surface area (TPSA) is 108 Å². The van der Waals surface area contributed by atoms with Gasteiger partial charge in [-0.25, -0.2) is 0 Å². The first-order valence-corrected chi connectivity index (χ1v) is 25.8. The fraction of sp³-hybridized carbons (Fsp3) is 0.857. The number of aliphatic hydroxyl groups excluding tert-OH is 1. The molecule has 0 aromatic carbocycles. The molecule has 2 N–H and O–H groups in total. The van der Waals surface area contributed by atoms with Crippen LogP contribution in [0.15, 0.2) is 36.5 Å². The minimum Gasteiger partial charge on any atom is -0.756 e. The zero-order chi connectivity index (χ0) is 42.8.